The van der Waals surface area contributed by atoms with Crippen molar-refractivity contribution < 1.29 is 13.2 Å². The third-order valence-electron chi connectivity index (χ3n) is 4.39. The van der Waals surface area contributed by atoms with Crippen LogP contribution in [0.1, 0.15) is 17.1 Å². The fraction of sp³-hybridized carbons (Fsp3) is 0.471. The van der Waals surface area contributed by atoms with Crippen molar-refractivity contribution in [3.8, 4) is 0 Å². The van der Waals surface area contributed by atoms with Crippen LogP contribution in [0.5, 0.6) is 0 Å². The number of alkyl halides is 3. The van der Waals surface area contributed by atoms with Gasteiger partial charge in [-0.1, -0.05) is 0 Å². The predicted molar refractivity (Wildman–Crippen MR) is 90.9 cm³/mol. The molecule has 26 heavy (non-hydrogen) atoms. The molecule has 0 aromatic carbocycles. The molecule has 1 aliphatic heterocycles. The smallest absolute Gasteiger partial charge is 0.354 e. The highest BCUT2D eigenvalue weighted by atomic mass is 19.4. The Kier molecular flexibility index (Phi) is 4.99. The first-order valence-corrected chi connectivity index (χ1v) is 8.28. The SMILES string of the molecule is Cc1nc(N2CCN(Cc3ccn(C)c(=O)c3)CC2)cc(C(F)(F)F)n1. The van der Waals surface area contributed by atoms with Gasteiger partial charge < -0.3 is 9.47 Å². The van der Waals surface area contributed by atoms with Gasteiger partial charge in [0.25, 0.3) is 5.56 Å². The molecule has 3 heterocycles. The Morgan fingerprint density at radius 2 is 1.81 bits per heavy atom. The van der Waals surface area contributed by atoms with Crippen LogP contribution in [0, 0.1) is 6.92 Å². The fourth-order valence-corrected chi connectivity index (χ4v) is 2.94. The van der Waals surface area contributed by atoms with Gasteiger partial charge in [0.2, 0.25) is 0 Å². The number of halogens is 3. The van der Waals surface area contributed by atoms with Crippen LogP contribution >= 0.6 is 0 Å². The Morgan fingerprint density at radius 3 is 2.42 bits per heavy atom. The van der Waals surface area contributed by atoms with Crippen LogP contribution in [-0.2, 0) is 19.8 Å². The Morgan fingerprint density at radius 1 is 1.12 bits per heavy atom. The molecule has 0 atom stereocenters. The van der Waals surface area contributed by atoms with Gasteiger partial charge in [-0.3, -0.25) is 9.69 Å². The third kappa shape index (κ3) is 4.21. The lowest BCUT2D eigenvalue weighted by Gasteiger charge is -2.35. The summed E-state index contributed by atoms with van der Waals surface area (Å²) in [7, 11) is 1.70. The number of rotatable bonds is 3. The largest absolute Gasteiger partial charge is 0.433 e. The van der Waals surface area contributed by atoms with Crippen molar-refractivity contribution in [3.63, 3.8) is 0 Å². The van der Waals surface area contributed by atoms with E-state index in [1.165, 1.54) is 11.5 Å². The zero-order valence-corrected chi connectivity index (χ0v) is 14.6. The van der Waals surface area contributed by atoms with Crippen molar-refractivity contribution in [3.05, 3.63) is 51.8 Å². The van der Waals surface area contributed by atoms with E-state index in [1.54, 1.807) is 19.3 Å². The molecule has 0 unspecified atom stereocenters. The van der Waals surface area contributed by atoms with Crippen molar-refractivity contribution in [1.82, 2.24) is 19.4 Å². The molecular weight excluding hydrogens is 347 g/mol. The first-order valence-electron chi connectivity index (χ1n) is 8.28. The molecule has 0 aliphatic carbocycles. The quantitative estimate of drug-likeness (QED) is 0.829. The van der Waals surface area contributed by atoms with Crippen molar-refractivity contribution in [1.29, 1.82) is 0 Å². The van der Waals surface area contributed by atoms with Crippen molar-refractivity contribution in [2.75, 3.05) is 31.1 Å². The van der Waals surface area contributed by atoms with E-state index < -0.39 is 11.9 Å². The molecule has 0 N–H and O–H groups in total. The molecule has 2 aromatic rings. The zero-order chi connectivity index (χ0) is 18.9. The van der Waals surface area contributed by atoms with Crippen LogP contribution in [0.25, 0.3) is 0 Å². The maximum Gasteiger partial charge on any atom is 0.433 e. The highest BCUT2D eigenvalue weighted by molar-refractivity contribution is 5.41. The van der Waals surface area contributed by atoms with Crippen LogP contribution in [0.3, 0.4) is 0 Å². The number of aryl methyl sites for hydroxylation is 2. The molecule has 0 saturated carbocycles. The third-order valence-corrected chi connectivity index (χ3v) is 4.39. The number of piperazine rings is 1. The summed E-state index contributed by atoms with van der Waals surface area (Å²) in [4.78, 5) is 23.3. The Bertz CT molecular complexity index is 841. The van der Waals surface area contributed by atoms with E-state index in [1.807, 2.05) is 11.0 Å². The van der Waals surface area contributed by atoms with E-state index in [-0.39, 0.29) is 11.4 Å². The molecular formula is C17H20F3N5O. The first kappa shape index (κ1) is 18.4. The number of hydrogen-bond acceptors (Lipinski definition) is 5. The highest BCUT2D eigenvalue weighted by Gasteiger charge is 2.34. The summed E-state index contributed by atoms with van der Waals surface area (Å²) < 4.78 is 40.3. The first-order chi connectivity index (χ1) is 12.2. The normalized spacial score (nSPS) is 16.1. The van der Waals surface area contributed by atoms with Crippen LogP contribution in [-0.4, -0.2) is 45.6 Å². The van der Waals surface area contributed by atoms with Gasteiger partial charge in [-0.2, -0.15) is 13.2 Å². The van der Waals surface area contributed by atoms with E-state index in [2.05, 4.69) is 14.9 Å². The highest BCUT2D eigenvalue weighted by Crippen LogP contribution is 2.29. The summed E-state index contributed by atoms with van der Waals surface area (Å²) in [5.74, 6) is 0.412. The standard InChI is InChI=1S/C17H20F3N5O/c1-12-21-14(17(18,19)20)10-15(22-12)25-7-5-24(6-8-25)11-13-3-4-23(2)16(26)9-13/h3-4,9-10H,5-8,11H2,1-2H3. The van der Waals surface area contributed by atoms with E-state index in [0.29, 0.717) is 38.5 Å². The lowest BCUT2D eigenvalue weighted by Crippen LogP contribution is -2.46. The maximum absolute atomic E-state index is 12.9. The summed E-state index contributed by atoms with van der Waals surface area (Å²) in [5, 5.41) is 0. The topological polar surface area (TPSA) is 54.3 Å². The molecule has 1 saturated heterocycles. The van der Waals surface area contributed by atoms with Crippen molar-refractivity contribution in [2.24, 2.45) is 7.05 Å². The van der Waals surface area contributed by atoms with Crippen LogP contribution < -0.4 is 10.5 Å². The van der Waals surface area contributed by atoms with E-state index in [0.717, 1.165) is 11.6 Å². The molecule has 9 heteroatoms. The predicted octanol–water partition coefficient (Wildman–Crippen LogP) is 1.82. The lowest BCUT2D eigenvalue weighted by atomic mass is 10.2. The van der Waals surface area contributed by atoms with Crippen LogP contribution in [0.2, 0.25) is 0 Å². The molecule has 0 spiro atoms. The number of pyridine rings is 1. The number of aromatic nitrogens is 3. The molecule has 6 nitrogen and oxygen atoms in total. The second kappa shape index (κ2) is 7.06. The van der Waals surface area contributed by atoms with E-state index in [4.69, 9.17) is 0 Å². The molecule has 0 amide bonds. The molecule has 1 aliphatic rings. The van der Waals surface area contributed by atoms with Crippen LogP contribution in [0.4, 0.5) is 19.0 Å². The van der Waals surface area contributed by atoms with Crippen molar-refractivity contribution in [2.45, 2.75) is 19.6 Å². The zero-order valence-electron chi connectivity index (χ0n) is 14.6. The average Bonchev–Trinajstić information content (AvgIpc) is 2.57. The van der Waals surface area contributed by atoms with Gasteiger partial charge in [-0.25, -0.2) is 9.97 Å². The van der Waals surface area contributed by atoms with Gasteiger partial charge in [0.15, 0.2) is 0 Å². The number of nitrogens with zero attached hydrogens (tertiary/aromatic N) is 5. The van der Waals surface area contributed by atoms with E-state index in [9.17, 15) is 18.0 Å². The maximum atomic E-state index is 12.9. The van der Waals surface area contributed by atoms with Gasteiger partial charge >= 0.3 is 6.18 Å². The Labute approximate surface area is 148 Å². The molecule has 2 aromatic heterocycles. The van der Waals surface area contributed by atoms with Crippen molar-refractivity contribution >= 4 is 5.82 Å². The van der Waals surface area contributed by atoms with Gasteiger partial charge in [0, 0.05) is 58.1 Å². The van der Waals surface area contributed by atoms with Gasteiger partial charge in [-0.15, -0.1) is 0 Å². The molecule has 1 fully saturated rings. The minimum Gasteiger partial charge on any atom is -0.354 e. The second-order valence-electron chi connectivity index (χ2n) is 6.40. The molecule has 140 valence electrons. The fourth-order valence-electron chi connectivity index (χ4n) is 2.94. The minimum absolute atomic E-state index is 0.0581. The Hall–Kier alpha value is -2.42. The number of hydrogen-bond donors (Lipinski definition) is 0. The summed E-state index contributed by atoms with van der Waals surface area (Å²) >= 11 is 0. The lowest BCUT2D eigenvalue weighted by molar-refractivity contribution is -0.141. The van der Waals surface area contributed by atoms with Gasteiger partial charge in [0.1, 0.15) is 17.3 Å². The summed E-state index contributed by atoms with van der Waals surface area (Å²) in [6, 6.07) is 4.51. The Balaban J connectivity index is 1.66. The second-order valence-corrected chi connectivity index (χ2v) is 6.40. The van der Waals surface area contributed by atoms with Gasteiger partial charge in [-0.05, 0) is 18.6 Å². The van der Waals surface area contributed by atoms with Crippen LogP contribution in [0.15, 0.2) is 29.2 Å². The monoisotopic (exact) mass is 367 g/mol. The molecule has 0 bridgehead atoms. The van der Waals surface area contributed by atoms with Gasteiger partial charge in [0.05, 0.1) is 0 Å². The van der Waals surface area contributed by atoms with E-state index >= 15 is 0 Å². The molecule has 3 rings (SSSR count). The average molecular weight is 367 g/mol. The molecule has 0 radical (unpaired) electrons. The minimum atomic E-state index is -4.48. The summed E-state index contributed by atoms with van der Waals surface area (Å²) in [6.45, 7) is 4.60. The summed E-state index contributed by atoms with van der Waals surface area (Å²) in [6.07, 6.45) is -2.75. The summed E-state index contributed by atoms with van der Waals surface area (Å²) in [5.41, 5.74) is -0.0429. The number of anilines is 1.